The predicted molar refractivity (Wildman–Crippen MR) is 86.1 cm³/mol. The fourth-order valence-electron chi connectivity index (χ4n) is 2.96. The van der Waals surface area contributed by atoms with Crippen molar-refractivity contribution >= 4 is 29.8 Å². The Kier molecular flexibility index (Phi) is 4.89. The van der Waals surface area contributed by atoms with Crippen LogP contribution in [0.5, 0.6) is 0 Å². The van der Waals surface area contributed by atoms with Crippen molar-refractivity contribution in [2.45, 2.75) is 37.5 Å². The summed E-state index contributed by atoms with van der Waals surface area (Å²) in [6, 6.07) is 0.152. The number of carbonyl (C=O) groups excluding carboxylic acids is 2. The number of nitrogens with zero attached hydrogens (tertiary/aromatic N) is 2. The first-order valence-corrected chi connectivity index (χ1v) is 8.09. The van der Waals surface area contributed by atoms with Gasteiger partial charge >= 0.3 is 6.09 Å². The monoisotopic (exact) mass is 355 g/mol. The van der Waals surface area contributed by atoms with E-state index in [-0.39, 0.29) is 23.2 Å². The van der Waals surface area contributed by atoms with Crippen LogP contribution in [0.15, 0.2) is 11.0 Å². The van der Waals surface area contributed by atoms with Gasteiger partial charge in [0.15, 0.2) is 0 Å². The van der Waals surface area contributed by atoms with Crippen LogP contribution in [0.25, 0.3) is 0 Å². The number of amides is 2. The van der Waals surface area contributed by atoms with Crippen molar-refractivity contribution in [1.82, 2.24) is 20.8 Å². The van der Waals surface area contributed by atoms with Gasteiger partial charge in [-0.05, 0) is 12.8 Å². The minimum atomic E-state index is -0.466. The molecule has 1 atom stereocenters. The Labute approximate surface area is 142 Å². The van der Waals surface area contributed by atoms with Crippen LogP contribution in [-0.4, -0.2) is 54.0 Å². The molecule has 1 aromatic heterocycles. The first-order chi connectivity index (χ1) is 11.6. The molecule has 0 radical (unpaired) electrons. The number of halogens is 1. The van der Waals surface area contributed by atoms with Gasteiger partial charge in [-0.25, -0.2) is 9.89 Å². The Bertz CT molecular complexity index is 675. The second-order valence-electron chi connectivity index (χ2n) is 5.95. The molecule has 3 rings (SSSR count). The van der Waals surface area contributed by atoms with Crippen LogP contribution in [0.3, 0.4) is 0 Å². The lowest BCUT2D eigenvalue weighted by atomic mass is 9.87. The molecule has 24 heavy (non-hydrogen) atoms. The topological polar surface area (TPSA) is 116 Å². The standard InChI is InChI=1S/C14H18ClN5O4/c15-12-11(5-17-19-13(12)22)20-2-1-10(6-20)24-14(23)18-9-3-8(4-9)16-7-21/h5,7-10H,1-4,6H2,(H,16,21)(H,18,23)(H,19,22)/t8-,9-,10-/m1/s1. The molecule has 1 saturated carbocycles. The molecule has 1 saturated heterocycles. The fourth-order valence-corrected chi connectivity index (χ4v) is 3.17. The molecular weight excluding hydrogens is 338 g/mol. The van der Waals surface area contributed by atoms with Gasteiger partial charge in [0.1, 0.15) is 11.1 Å². The highest BCUT2D eigenvalue weighted by molar-refractivity contribution is 6.33. The largest absolute Gasteiger partial charge is 0.444 e. The number of nitrogens with one attached hydrogen (secondary N) is 3. The van der Waals surface area contributed by atoms with Gasteiger partial charge in [-0.3, -0.25) is 9.59 Å². The maximum Gasteiger partial charge on any atom is 0.407 e. The molecule has 130 valence electrons. The molecule has 3 N–H and O–H groups in total. The lowest BCUT2D eigenvalue weighted by Gasteiger charge is -2.35. The molecule has 0 unspecified atom stereocenters. The number of hydrogen-bond donors (Lipinski definition) is 3. The number of aromatic nitrogens is 2. The van der Waals surface area contributed by atoms with Gasteiger partial charge in [0.05, 0.1) is 18.4 Å². The molecule has 1 aliphatic heterocycles. The van der Waals surface area contributed by atoms with Crippen molar-refractivity contribution in [2.75, 3.05) is 18.0 Å². The van der Waals surface area contributed by atoms with E-state index in [1.807, 2.05) is 4.90 Å². The molecule has 9 nitrogen and oxygen atoms in total. The van der Waals surface area contributed by atoms with E-state index < -0.39 is 11.7 Å². The zero-order chi connectivity index (χ0) is 17.1. The molecule has 10 heteroatoms. The smallest absolute Gasteiger partial charge is 0.407 e. The van der Waals surface area contributed by atoms with Crippen molar-refractivity contribution in [1.29, 1.82) is 0 Å². The van der Waals surface area contributed by atoms with Crippen molar-refractivity contribution in [3.63, 3.8) is 0 Å². The third-order valence-electron chi connectivity index (χ3n) is 4.30. The van der Waals surface area contributed by atoms with Crippen LogP contribution >= 0.6 is 11.6 Å². The van der Waals surface area contributed by atoms with Gasteiger partial charge in [0, 0.05) is 25.0 Å². The molecule has 0 bridgehead atoms. The third-order valence-corrected chi connectivity index (χ3v) is 4.67. The van der Waals surface area contributed by atoms with Crippen LogP contribution in [0.2, 0.25) is 5.02 Å². The van der Waals surface area contributed by atoms with Crippen molar-refractivity contribution in [3.05, 3.63) is 21.6 Å². The predicted octanol–water partition coefficient (Wildman–Crippen LogP) is 0.00520. The highest BCUT2D eigenvalue weighted by Gasteiger charge is 2.32. The summed E-state index contributed by atoms with van der Waals surface area (Å²) in [6.07, 6.45) is 3.48. The van der Waals surface area contributed by atoms with E-state index in [1.54, 1.807) is 0 Å². The second kappa shape index (κ2) is 7.08. The molecule has 2 aliphatic rings. The van der Waals surface area contributed by atoms with Gasteiger partial charge in [-0.1, -0.05) is 11.6 Å². The summed E-state index contributed by atoms with van der Waals surface area (Å²) >= 11 is 5.99. The summed E-state index contributed by atoms with van der Waals surface area (Å²) in [5.41, 5.74) is 0.0912. The quantitative estimate of drug-likeness (QED) is 0.640. The number of aromatic amines is 1. The number of ether oxygens (including phenoxy) is 1. The van der Waals surface area contributed by atoms with E-state index in [1.165, 1.54) is 6.20 Å². The van der Waals surface area contributed by atoms with Gasteiger partial charge in [0.25, 0.3) is 5.56 Å². The lowest BCUT2D eigenvalue weighted by molar-refractivity contribution is -0.110. The average Bonchev–Trinajstić information content (AvgIpc) is 2.96. The van der Waals surface area contributed by atoms with Crippen LogP contribution < -0.4 is 21.1 Å². The normalized spacial score (nSPS) is 25.7. The van der Waals surface area contributed by atoms with E-state index in [9.17, 15) is 14.4 Å². The van der Waals surface area contributed by atoms with Crippen LogP contribution in [0, 0.1) is 0 Å². The fraction of sp³-hybridized carbons (Fsp3) is 0.571. The molecule has 2 heterocycles. The van der Waals surface area contributed by atoms with Crippen LogP contribution in [0.1, 0.15) is 19.3 Å². The van der Waals surface area contributed by atoms with Crippen LogP contribution in [0.4, 0.5) is 10.5 Å². The Morgan fingerprint density at radius 2 is 2.25 bits per heavy atom. The minimum Gasteiger partial charge on any atom is -0.444 e. The molecule has 2 amide bonds. The Hall–Kier alpha value is -2.29. The summed E-state index contributed by atoms with van der Waals surface area (Å²) in [7, 11) is 0. The number of rotatable bonds is 5. The van der Waals surface area contributed by atoms with E-state index >= 15 is 0 Å². The van der Waals surface area contributed by atoms with Crippen molar-refractivity contribution < 1.29 is 14.3 Å². The maximum absolute atomic E-state index is 11.9. The number of hydrogen-bond acceptors (Lipinski definition) is 6. The first-order valence-electron chi connectivity index (χ1n) is 7.71. The summed E-state index contributed by atoms with van der Waals surface area (Å²) in [5, 5.41) is 11.5. The Morgan fingerprint density at radius 1 is 1.46 bits per heavy atom. The minimum absolute atomic E-state index is 0.0267. The van der Waals surface area contributed by atoms with Gasteiger partial charge in [-0.2, -0.15) is 5.10 Å². The number of alkyl carbamates (subject to hydrolysis) is 1. The van der Waals surface area contributed by atoms with Gasteiger partial charge < -0.3 is 20.3 Å². The maximum atomic E-state index is 11.9. The van der Waals surface area contributed by atoms with Crippen molar-refractivity contribution in [2.24, 2.45) is 0 Å². The summed E-state index contributed by atoms with van der Waals surface area (Å²) in [4.78, 5) is 35.6. The third kappa shape index (κ3) is 3.61. The van der Waals surface area contributed by atoms with Crippen LogP contribution in [-0.2, 0) is 9.53 Å². The van der Waals surface area contributed by atoms with E-state index in [0.29, 0.717) is 44.4 Å². The summed E-state index contributed by atoms with van der Waals surface area (Å²) in [5.74, 6) is 0. The van der Waals surface area contributed by atoms with E-state index in [2.05, 4.69) is 20.8 Å². The second-order valence-corrected chi connectivity index (χ2v) is 6.33. The molecular formula is C14H18ClN5O4. The average molecular weight is 356 g/mol. The van der Waals surface area contributed by atoms with Gasteiger partial charge in [-0.15, -0.1) is 0 Å². The zero-order valence-electron chi connectivity index (χ0n) is 12.8. The highest BCUT2D eigenvalue weighted by atomic mass is 35.5. The first kappa shape index (κ1) is 16.6. The Balaban J connectivity index is 1.46. The zero-order valence-corrected chi connectivity index (χ0v) is 13.6. The highest BCUT2D eigenvalue weighted by Crippen LogP contribution is 2.26. The van der Waals surface area contributed by atoms with E-state index in [0.717, 1.165) is 0 Å². The summed E-state index contributed by atoms with van der Waals surface area (Å²) in [6.45, 7) is 1.08. The Morgan fingerprint density at radius 3 is 3.00 bits per heavy atom. The van der Waals surface area contributed by atoms with E-state index in [4.69, 9.17) is 16.3 Å². The number of carbonyl (C=O) groups is 2. The molecule has 0 aromatic carbocycles. The SMILES string of the molecule is O=CN[C@H]1C[C@H](NC(=O)O[C@@H]2CCN(c3cn[nH]c(=O)c3Cl)C2)C1. The van der Waals surface area contributed by atoms with Crippen molar-refractivity contribution in [3.8, 4) is 0 Å². The van der Waals surface area contributed by atoms with Gasteiger partial charge in [0.2, 0.25) is 6.41 Å². The summed E-state index contributed by atoms with van der Waals surface area (Å²) < 4.78 is 5.40. The molecule has 2 fully saturated rings. The lowest BCUT2D eigenvalue weighted by Crippen LogP contribution is -2.52. The molecule has 1 aromatic rings. The molecule has 1 aliphatic carbocycles. The number of anilines is 1. The molecule has 0 spiro atoms. The number of H-pyrrole nitrogens is 1.